The summed E-state index contributed by atoms with van der Waals surface area (Å²) in [7, 11) is 3.90. The Kier molecular flexibility index (Phi) is 4.34. The van der Waals surface area contributed by atoms with Crippen LogP contribution in [-0.4, -0.2) is 36.6 Å². The third-order valence-corrected chi connectivity index (χ3v) is 3.79. The van der Waals surface area contributed by atoms with Crippen LogP contribution in [0.25, 0.3) is 10.9 Å². The number of hydrogen-bond acceptors (Lipinski definition) is 3. The average molecular weight is 312 g/mol. The highest BCUT2D eigenvalue weighted by Crippen LogP contribution is 2.22. The van der Waals surface area contributed by atoms with E-state index in [1.54, 1.807) is 6.26 Å². The monoisotopic (exact) mass is 312 g/mol. The molecule has 0 spiro atoms. The molecule has 0 saturated carbocycles. The fourth-order valence-corrected chi connectivity index (χ4v) is 2.57. The lowest BCUT2D eigenvalue weighted by molar-refractivity contribution is 0.233. The number of aromatic amines is 1. The van der Waals surface area contributed by atoms with Crippen LogP contribution in [0.5, 0.6) is 0 Å². The standard InChI is InChI=1S/C17H20N4O2/c1-21(2)15(16-7-4-10-23-16)11-19-17(22)20-14-6-3-5-13-12(14)8-9-18-13/h3-10,15,18H,11H2,1-2H3,(H2,19,20,22). The summed E-state index contributed by atoms with van der Waals surface area (Å²) in [5.41, 5.74) is 1.77. The molecular formula is C17H20N4O2. The molecule has 2 aromatic heterocycles. The summed E-state index contributed by atoms with van der Waals surface area (Å²) in [4.78, 5) is 17.3. The first-order valence-corrected chi connectivity index (χ1v) is 7.46. The highest BCUT2D eigenvalue weighted by atomic mass is 16.3. The summed E-state index contributed by atoms with van der Waals surface area (Å²) in [5.74, 6) is 0.822. The number of fused-ring (bicyclic) bond motifs is 1. The van der Waals surface area contributed by atoms with Gasteiger partial charge in [-0.1, -0.05) is 6.07 Å². The van der Waals surface area contributed by atoms with E-state index in [4.69, 9.17) is 4.42 Å². The van der Waals surface area contributed by atoms with Gasteiger partial charge in [-0.05, 0) is 44.4 Å². The molecule has 0 aliphatic carbocycles. The van der Waals surface area contributed by atoms with Crippen LogP contribution in [0.15, 0.2) is 53.3 Å². The normalized spacial score (nSPS) is 12.5. The van der Waals surface area contributed by atoms with Crippen LogP contribution in [0, 0.1) is 0 Å². The third-order valence-electron chi connectivity index (χ3n) is 3.79. The number of anilines is 1. The van der Waals surface area contributed by atoms with Crippen LogP contribution in [0.3, 0.4) is 0 Å². The van der Waals surface area contributed by atoms with Gasteiger partial charge in [0, 0.05) is 23.6 Å². The zero-order chi connectivity index (χ0) is 16.2. The third kappa shape index (κ3) is 3.37. The molecule has 2 amide bonds. The van der Waals surface area contributed by atoms with Gasteiger partial charge in [0.1, 0.15) is 5.76 Å². The molecule has 0 aliphatic rings. The molecule has 6 heteroatoms. The minimum Gasteiger partial charge on any atom is -0.468 e. The minimum absolute atomic E-state index is 0.0150. The molecule has 1 aromatic carbocycles. The van der Waals surface area contributed by atoms with Gasteiger partial charge in [0.15, 0.2) is 0 Å². The van der Waals surface area contributed by atoms with Crippen molar-refractivity contribution in [3.63, 3.8) is 0 Å². The zero-order valence-electron chi connectivity index (χ0n) is 13.2. The fourth-order valence-electron chi connectivity index (χ4n) is 2.57. The van der Waals surface area contributed by atoms with Gasteiger partial charge in [-0.15, -0.1) is 0 Å². The number of furan rings is 1. The molecule has 6 nitrogen and oxygen atoms in total. The van der Waals surface area contributed by atoms with Crippen molar-refractivity contribution in [3.8, 4) is 0 Å². The summed E-state index contributed by atoms with van der Waals surface area (Å²) >= 11 is 0. The van der Waals surface area contributed by atoms with Gasteiger partial charge >= 0.3 is 6.03 Å². The Bertz CT molecular complexity index is 777. The Labute approximate surface area is 134 Å². The second kappa shape index (κ2) is 6.58. The molecular weight excluding hydrogens is 292 g/mol. The van der Waals surface area contributed by atoms with Crippen molar-refractivity contribution in [3.05, 3.63) is 54.6 Å². The molecule has 2 heterocycles. The largest absolute Gasteiger partial charge is 0.468 e. The number of aromatic nitrogens is 1. The predicted molar refractivity (Wildman–Crippen MR) is 90.5 cm³/mol. The van der Waals surface area contributed by atoms with E-state index in [0.717, 1.165) is 22.4 Å². The predicted octanol–water partition coefficient (Wildman–Crippen LogP) is 3.19. The number of likely N-dealkylation sites (N-methyl/N-ethyl adjacent to an activating group) is 1. The number of urea groups is 1. The van der Waals surface area contributed by atoms with Gasteiger partial charge in [-0.2, -0.15) is 0 Å². The van der Waals surface area contributed by atoms with E-state index < -0.39 is 0 Å². The van der Waals surface area contributed by atoms with Crippen molar-refractivity contribution in [2.24, 2.45) is 0 Å². The number of hydrogen-bond donors (Lipinski definition) is 3. The van der Waals surface area contributed by atoms with Gasteiger partial charge in [0.25, 0.3) is 0 Å². The van der Waals surface area contributed by atoms with E-state index in [2.05, 4.69) is 15.6 Å². The topological polar surface area (TPSA) is 73.3 Å². The van der Waals surface area contributed by atoms with Crippen molar-refractivity contribution < 1.29 is 9.21 Å². The van der Waals surface area contributed by atoms with Crippen molar-refractivity contribution in [1.82, 2.24) is 15.2 Å². The summed E-state index contributed by atoms with van der Waals surface area (Å²) in [6.45, 7) is 0.454. The molecule has 3 N–H and O–H groups in total. The lowest BCUT2D eigenvalue weighted by Gasteiger charge is -2.22. The van der Waals surface area contributed by atoms with E-state index >= 15 is 0 Å². The number of benzene rings is 1. The first-order valence-electron chi connectivity index (χ1n) is 7.46. The van der Waals surface area contributed by atoms with Gasteiger partial charge in [0.2, 0.25) is 0 Å². The lowest BCUT2D eigenvalue weighted by Crippen LogP contribution is -2.36. The highest BCUT2D eigenvalue weighted by Gasteiger charge is 2.18. The van der Waals surface area contributed by atoms with Gasteiger partial charge in [-0.25, -0.2) is 4.79 Å². The number of nitrogens with one attached hydrogen (secondary N) is 3. The maximum absolute atomic E-state index is 12.2. The van der Waals surface area contributed by atoms with Crippen LogP contribution in [0.4, 0.5) is 10.5 Å². The Morgan fingerprint density at radius 3 is 2.87 bits per heavy atom. The molecule has 23 heavy (non-hydrogen) atoms. The SMILES string of the molecule is CN(C)C(CNC(=O)Nc1cccc2[nH]ccc12)c1ccco1. The van der Waals surface area contributed by atoms with Crippen LogP contribution in [-0.2, 0) is 0 Å². The molecule has 0 aliphatic heterocycles. The maximum atomic E-state index is 12.2. The van der Waals surface area contributed by atoms with Gasteiger partial charge in [-0.3, -0.25) is 4.90 Å². The zero-order valence-corrected chi connectivity index (χ0v) is 13.2. The quantitative estimate of drug-likeness (QED) is 0.677. The van der Waals surface area contributed by atoms with Gasteiger partial charge in [0.05, 0.1) is 18.0 Å². The van der Waals surface area contributed by atoms with Crippen LogP contribution < -0.4 is 10.6 Å². The van der Waals surface area contributed by atoms with Crippen molar-refractivity contribution in [1.29, 1.82) is 0 Å². The molecule has 0 saturated heterocycles. The van der Waals surface area contributed by atoms with E-state index in [0.29, 0.717) is 6.54 Å². The average Bonchev–Trinajstić information content (AvgIpc) is 3.18. The molecule has 0 bridgehead atoms. The second-order valence-corrected chi connectivity index (χ2v) is 5.57. The number of nitrogens with zero attached hydrogens (tertiary/aromatic N) is 1. The summed E-state index contributed by atoms with van der Waals surface area (Å²) < 4.78 is 5.44. The lowest BCUT2D eigenvalue weighted by atomic mass is 10.2. The second-order valence-electron chi connectivity index (χ2n) is 5.57. The van der Waals surface area contributed by atoms with Crippen LogP contribution >= 0.6 is 0 Å². The number of H-pyrrole nitrogens is 1. The van der Waals surface area contributed by atoms with E-state index in [9.17, 15) is 4.79 Å². The molecule has 1 unspecified atom stereocenters. The molecule has 1 atom stereocenters. The summed E-state index contributed by atoms with van der Waals surface area (Å²) in [6, 6.07) is 11.2. The first-order chi connectivity index (χ1) is 11.1. The number of rotatable bonds is 5. The first kappa shape index (κ1) is 15.2. The molecule has 120 valence electrons. The number of carbonyl (C=O) groups is 1. The molecule has 0 fully saturated rings. The molecule has 0 radical (unpaired) electrons. The van der Waals surface area contributed by atoms with E-state index in [1.807, 2.05) is 61.6 Å². The maximum Gasteiger partial charge on any atom is 0.319 e. The summed E-state index contributed by atoms with van der Waals surface area (Å²) in [5, 5.41) is 6.77. The Morgan fingerprint density at radius 1 is 1.26 bits per heavy atom. The van der Waals surface area contributed by atoms with E-state index in [1.165, 1.54) is 0 Å². The Hall–Kier alpha value is -2.73. The van der Waals surface area contributed by atoms with Crippen molar-refractivity contribution >= 4 is 22.6 Å². The Morgan fingerprint density at radius 2 is 2.13 bits per heavy atom. The van der Waals surface area contributed by atoms with Crippen molar-refractivity contribution in [2.45, 2.75) is 6.04 Å². The smallest absolute Gasteiger partial charge is 0.319 e. The molecule has 3 rings (SSSR count). The van der Waals surface area contributed by atoms with Gasteiger partial charge < -0.3 is 20.0 Å². The highest BCUT2D eigenvalue weighted by molar-refractivity contribution is 6.00. The van der Waals surface area contributed by atoms with Crippen molar-refractivity contribution in [2.75, 3.05) is 26.0 Å². The number of carbonyl (C=O) groups excluding carboxylic acids is 1. The van der Waals surface area contributed by atoms with Crippen LogP contribution in [0.2, 0.25) is 0 Å². The molecule has 3 aromatic rings. The van der Waals surface area contributed by atoms with E-state index in [-0.39, 0.29) is 12.1 Å². The summed E-state index contributed by atoms with van der Waals surface area (Å²) in [6.07, 6.45) is 3.49. The van der Waals surface area contributed by atoms with Crippen LogP contribution in [0.1, 0.15) is 11.8 Å². The minimum atomic E-state index is -0.239. The fraction of sp³-hybridized carbons (Fsp3) is 0.235. The Balaban J connectivity index is 1.64. The number of amides is 2.